The number of carbonyl (C=O) groups excluding carboxylic acids is 1. The Balaban J connectivity index is 3.10. The van der Waals surface area contributed by atoms with Crippen molar-refractivity contribution < 1.29 is 19.9 Å². The van der Waals surface area contributed by atoms with Crippen molar-refractivity contribution in [3.8, 4) is 0 Å². The summed E-state index contributed by atoms with van der Waals surface area (Å²) in [6, 6.07) is 4.26. The molecule has 0 aliphatic rings. The Bertz CT molecular complexity index is 469. The molecule has 19 heavy (non-hydrogen) atoms. The van der Waals surface area contributed by atoms with E-state index in [9.17, 15) is 14.9 Å². The summed E-state index contributed by atoms with van der Waals surface area (Å²) in [7, 11) is 0. The summed E-state index contributed by atoms with van der Waals surface area (Å²) in [5.41, 5.74) is 0.355. The van der Waals surface area contributed by atoms with Crippen LogP contribution in [0.25, 0.3) is 0 Å². The van der Waals surface area contributed by atoms with E-state index >= 15 is 0 Å². The monoisotopic (exact) mass is 268 g/mol. The number of nitro groups is 1. The summed E-state index contributed by atoms with van der Waals surface area (Å²) in [6.45, 7) is 1.17. The van der Waals surface area contributed by atoms with Crippen molar-refractivity contribution in [2.75, 3.05) is 26.3 Å². The van der Waals surface area contributed by atoms with E-state index in [1.165, 1.54) is 30.0 Å². The van der Waals surface area contributed by atoms with Crippen LogP contribution in [0.2, 0.25) is 0 Å². The van der Waals surface area contributed by atoms with Gasteiger partial charge in [0.1, 0.15) is 0 Å². The van der Waals surface area contributed by atoms with Gasteiger partial charge in [0.15, 0.2) is 0 Å². The van der Waals surface area contributed by atoms with Gasteiger partial charge in [-0.15, -0.1) is 0 Å². The average Bonchev–Trinajstić information content (AvgIpc) is 2.37. The second-order valence-corrected chi connectivity index (χ2v) is 3.95. The number of aliphatic hydroxyl groups is 2. The molecule has 0 fully saturated rings. The molecule has 0 saturated heterocycles. The van der Waals surface area contributed by atoms with Crippen LogP contribution in [0.5, 0.6) is 0 Å². The fourth-order valence-corrected chi connectivity index (χ4v) is 1.78. The predicted molar refractivity (Wildman–Crippen MR) is 67.9 cm³/mol. The van der Waals surface area contributed by atoms with Crippen LogP contribution in [0.1, 0.15) is 15.9 Å². The highest BCUT2D eigenvalue weighted by atomic mass is 16.6. The van der Waals surface area contributed by atoms with Gasteiger partial charge in [0.25, 0.3) is 11.6 Å². The number of hydrogen-bond acceptors (Lipinski definition) is 5. The fraction of sp³-hybridized carbons (Fsp3) is 0.417. The van der Waals surface area contributed by atoms with Crippen LogP contribution < -0.4 is 0 Å². The average molecular weight is 268 g/mol. The van der Waals surface area contributed by atoms with Crippen LogP contribution in [0.3, 0.4) is 0 Å². The first-order valence-electron chi connectivity index (χ1n) is 5.78. The van der Waals surface area contributed by atoms with Crippen LogP contribution in [-0.4, -0.2) is 52.2 Å². The van der Waals surface area contributed by atoms with Crippen molar-refractivity contribution >= 4 is 11.6 Å². The van der Waals surface area contributed by atoms with Crippen LogP contribution in [-0.2, 0) is 0 Å². The smallest absolute Gasteiger partial charge is 0.273 e. The zero-order valence-corrected chi connectivity index (χ0v) is 10.6. The van der Waals surface area contributed by atoms with Gasteiger partial charge in [-0.25, -0.2) is 0 Å². The van der Waals surface area contributed by atoms with Gasteiger partial charge in [-0.3, -0.25) is 14.9 Å². The molecule has 0 atom stereocenters. The lowest BCUT2D eigenvalue weighted by Crippen LogP contribution is -2.36. The normalized spacial score (nSPS) is 10.3. The van der Waals surface area contributed by atoms with Gasteiger partial charge in [-0.1, -0.05) is 6.07 Å². The van der Waals surface area contributed by atoms with Gasteiger partial charge in [-0.05, 0) is 13.0 Å². The molecule has 0 radical (unpaired) electrons. The lowest BCUT2D eigenvalue weighted by Gasteiger charge is -2.21. The molecule has 2 N–H and O–H groups in total. The number of nitro benzene ring substituents is 1. The molecule has 0 bridgehead atoms. The fourth-order valence-electron chi connectivity index (χ4n) is 1.78. The Morgan fingerprint density at radius 3 is 2.37 bits per heavy atom. The van der Waals surface area contributed by atoms with E-state index in [2.05, 4.69) is 0 Å². The van der Waals surface area contributed by atoms with E-state index in [0.717, 1.165) is 0 Å². The molecule has 0 saturated carbocycles. The molecule has 0 spiro atoms. The molecule has 0 aliphatic carbocycles. The molecule has 1 aromatic rings. The number of amides is 1. The summed E-state index contributed by atoms with van der Waals surface area (Å²) < 4.78 is 0. The number of rotatable bonds is 6. The van der Waals surface area contributed by atoms with Gasteiger partial charge in [-0.2, -0.15) is 0 Å². The number of carbonyl (C=O) groups is 1. The van der Waals surface area contributed by atoms with E-state index < -0.39 is 10.8 Å². The first kappa shape index (κ1) is 15.1. The summed E-state index contributed by atoms with van der Waals surface area (Å²) >= 11 is 0. The maximum Gasteiger partial charge on any atom is 0.273 e. The summed E-state index contributed by atoms with van der Waals surface area (Å²) in [5.74, 6) is -0.440. The van der Waals surface area contributed by atoms with E-state index in [-0.39, 0.29) is 43.1 Å². The summed E-state index contributed by atoms with van der Waals surface area (Å²) in [4.78, 5) is 23.7. The molecule has 104 valence electrons. The Morgan fingerprint density at radius 1 is 1.32 bits per heavy atom. The Labute approximate surface area is 110 Å². The van der Waals surface area contributed by atoms with Gasteiger partial charge in [0.2, 0.25) is 0 Å². The largest absolute Gasteiger partial charge is 0.395 e. The first-order valence-corrected chi connectivity index (χ1v) is 5.78. The standard InChI is InChI=1S/C12H16N2O5/c1-9-10(3-2-4-11(9)14(18)19)12(17)13(5-7-15)6-8-16/h2-4,15-16H,5-8H2,1H3. The maximum absolute atomic E-state index is 12.2. The number of benzene rings is 1. The SMILES string of the molecule is Cc1c(C(=O)N(CCO)CCO)cccc1[N+](=O)[O-]. The third-order valence-electron chi connectivity index (χ3n) is 2.76. The van der Waals surface area contributed by atoms with Crippen LogP contribution in [0.4, 0.5) is 5.69 Å². The van der Waals surface area contributed by atoms with E-state index in [1.807, 2.05) is 0 Å². The van der Waals surface area contributed by atoms with Crippen molar-refractivity contribution in [3.63, 3.8) is 0 Å². The van der Waals surface area contributed by atoms with Crippen LogP contribution in [0, 0.1) is 17.0 Å². The third-order valence-corrected chi connectivity index (χ3v) is 2.76. The van der Waals surface area contributed by atoms with Crippen molar-refractivity contribution in [2.24, 2.45) is 0 Å². The van der Waals surface area contributed by atoms with Gasteiger partial charge >= 0.3 is 0 Å². The van der Waals surface area contributed by atoms with Crippen molar-refractivity contribution in [3.05, 3.63) is 39.4 Å². The second-order valence-electron chi connectivity index (χ2n) is 3.95. The highest BCUT2D eigenvalue weighted by Crippen LogP contribution is 2.22. The van der Waals surface area contributed by atoms with E-state index in [1.54, 1.807) is 0 Å². The highest BCUT2D eigenvalue weighted by molar-refractivity contribution is 5.96. The first-order chi connectivity index (χ1) is 9.02. The van der Waals surface area contributed by atoms with Crippen molar-refractivity contribution in [1.29, 1.82) is 0 Å². The number of aliphatic hydroxyl groups excluding tert-OH is 2. The molecular weight excluding hydrogens is 252 g/mol. The molecule has 0 heterocycles. The minimum atomic E-state index is -0.547. The molecule has 1 amide bonds. The zero-order valence-electron chi connectivity index (χ0n) is 10.6. The zero-order chi connectivity index (χ0) is 14.4. The molecule has 1 rings (SSSR count). The Hall–Kier alpha value is -1.99. The quantitative estimate of drug-likeness (QED) is 0.571. The Morgan fingerprint density at radius 2 is 1.89 bits per heavy atom. The minimum Gasteiger partial charge on any atom is -0.395 e. The molecule has 0 aromatic heterocycles. The lowest BCUT2D eigenvalue weighted by atomic mass is 10.1. The van der Waals surface area contributed by atoms with Gasteiger partial charge in [0.05, 0.1) is 18.1 Å². The molecular formula is C12H16N2O5. The second kappa shape index (κ2) is 6.81. The van der Waals surface area contributed by atoms with Gasteiger partial charge in [0, 0.05) is 30.3 Å². The topological polar surface area (TPSA) is 104 Å². The van der Waals surface area contributed by atoms with Crippen LogP contribution in [0.15, 0.2) is 18.2 Å². The van der Waals surface area contributed by atoms with Gasteiger partial charge < -0.3 is 15.1 Å². The Kier molecular flexibility index (Phi) is 5.40. The minimum absolute atomic E-state index is 0.0710. The van der Waals surface area contributed by atoms with Crippen molar-refractivity contribution in [1.82, 2.24) is 4.90 Å². The van der Waals surface area contributed by atoms with E-state index in [4.69, 9.17) is 10.2 Å². The number of hydrogen-bond donors (Lipinski definition) is 2. The maximum atomic E-state index is 12.2. The van der Waals surface area contributed by atoms with Crippen molar-refractivity contribution in [2.45, 2.75) is 6.92 Å². The van der Waals surface area contributed by atoms with E-state index in [0.29, 0.717) is 0 Å². The predicted octanol–water partition coefficient (Wildman–Crippen LogP) is 0.330. The third kappa shape index (κ3) is 3.49. The molecule has 1 aromatic carbocycles. The molecule has 0 aliphatic heterocycles. The molecule has 0 unspecified atom stereocenters. The summed E-state index contributed by atoms with van der Waals surface area (Å²) in [6.07, 6.45) is 0. The summed E-state index contributed by atoms with van der Waals surface area (Å²) in [5, 5.41) is 28.6. The lowest BCUT2D eigenvalue weighted by molar-refractivity contribution is -0.385. The number of nitrogens with zero attached hydrogens (tertiary/aromatic N) is 2. The molecule has 7 nitrogen and oxygen atoms in total. The van der Waals surface area contributed by atoms with Crippen LogP contribution >= 0.6 is 0 Å². The highest BCUT2D eigenvalue weighted by Gasteiger charge is 2.21. The molecule has 7 heteroatoms.